The molecular weight excluding hydrogens is 956 g/mol. The Labute approximate surface area is 439 Å². The van der Waals surface area contributed by atoms with E-state index < -0.39 is 0 Å². The monoisotopic (exact) mass is 1070 g/mol. The van der Waals surface area contributed by atoms with E-state index in [2.05, 4.69) is 84.9 Å². The maximum absolute atomic E-state index is 12.8. The van der Waals surface area contributed by atoms with Crippen LogP contribution in [0.5, 0.6) is 11.5 Å². The third-order valence-corrected chi connectivity index (χ3v) is 16.3. The summed E-state index contributed by atoms with van der Waals surface area (Å²) in [4.78, 5) is 24.9. The van der Waals surface area contributed by atoms with Gasteiger partial charge >= 0.3 is 11.9 Å². The smallest absolute Gasteiger partial charge is 0.312 e. The van der Waals surface area contributed by atoms with Crippen LogP contribution in [0.15, 0.2) is 42.5 Å². The fourth-order valence-electron chi connectivity index (χ4n) is 9.93. The summed E-state index contributed by atoms with van der Waals surface area (Å²) in [5.74, 6) is 5.83. The van der Waals surface area contributed by atoms with E-state index in [0.717, 1.165) is 53.9 Å². The number of esters is 2. The van der Waals surface area contributed by atoms with Crippen LogP contribution in [0.3, 0.4) is 0 Å². The molecule has 0 spiro atoms. The van der Waals surface area contributed by atoms with Crippen molar-refractivity contribution < 1.29 is 29.3 Å². The number of carbonyl (C=O) groups is 2. The average Bonchev–Trinajstić information content (AvgIpc) is 3.70. The van der Waals surface area contributed by atoms with Gasteiger partial charge < -0.3 is 19.7 Å². The molecule has 0 aromatic heterocycles. The minimum absolute atomic E-state index is 0. The lowest BCUT2D eigenvalue weighted by Crippen LogP contribution is -2.63. The summed E-state index contributed by atoms with van der Waals surface area (Å²) in [6, 6.07) is 13.2. The SMILES string of the molecule is C.C.C.C.C.C.C.C.CCC(C)(C)C(=O)OC1(C(C)C)C2CC3CC(C2)CC1C3.CCC(C)(C)C(=O)OC1(C(C)C)CCCC1.CCC(C)c1ccc(O)c(I)c1.CCC(C)c1ccc(O)cc1. The molecule has 2 unspecified atom stereocenters. The standard InChI is InChI=1S/C19H32O2.C14H26O2.C10H13IO.C10H14O.8CH4/c1-6-18(4,5)17(20)21-19(12(2)3)15-8-13-7-14(10-15)11-16(19)9-13;1-6-13(4,5)12(15)16-14(11(2)3)9-7-8-10-14;1-3-7(2)8-4-5-10(12)9(11)6-8;1-3-8(2)9-4-6-10(11)7-5-9;;;;;;;;/h12-16H,6-11H2,1-5H3;11H,6-10H2,1-5H3;4-7,12H,3H2,1-2H3;4-8,11H,3H2,1-2H3;8*1H4. The van der Waals surface area contributed by atoms with Gasteiger partial charge in [0.2, 0.25) is 0 Å². The van der Waals surface area contributed by atoms with Crippen LogP contribution in [-0.4, -0.2) is 33.4 Å². The number of ether oxygens (including phenoxy) is 2. The Morgan fingerprint density at radius 1 is 0.603 bits per heavy atom. The van der Waals surface area contributed by atoms with Gasteiger partial charge in [-0.3, -0.25) is 9.59 Å². The van der Waals surface area contributed by atoms with Gasteiger partial charge in [-0.05, 0) is 216 Å². The number of hydrogen-bond acceptors (Lipinski definition) is 6. The van der Waals surface area contributed by atoms with Crippen molar-refractivity contribution in [2.75, 3.05) is 0 Å². The van der Waals surface area contributed by atoms with Gasteiger partial charge in [0.25, 0.3) is 0 Å². The Bertz CT molecular complexity index is 1610. The first-order valence-corrected chi connectivity index (χ1v) is 24.8. The maximum Gasteiger partial charge on any atom is 0.312 e. The molecule has 0 radical (unpaired) electrons. The molecule has 5 fully saturated rings. The Hall–Kier alpha value is -2.29. The summed E-state index contributed by atoms with van der Waals surface area (Å²) < 4.78 is 13.2. The van der Waals surface area contributed by atoms with E-state index in [1.807, 2.05) is 58.9 Å². The highest BCUT2D eigenvalue weighted by atomic mass is 127. The van der Waals surface area contributed by atoms with Crippen LogP contribution in [0.4, 0.5) is 0 Å². The fourth-order valence-corrected chi connectivity index (χ4v) is 10.5. The predicted molar refractivity (Wildman–Crippen MR) is 311 cm³/mol. The van der Waals surface area contributed by atoms with Crippen molar-refractivity contribution in [1.82, 2.24) is 0 Å². The quantitative estimate of drug-likeness (QED) is 0.162. The number of phenols is 2. The van der Waals surface area contributed by atoms with Crippen molar-refractivity contribution in [3.63, 3.8) is 0 Å². The number of carbonyl (C=O) groups excluding carboxylic acids is 2. The largest absolute Gasteiger partial charge is 0.508 e. The molecule has 0 saturated heterocycles. The molecule has 68 heavy (non-hydrogen) atoms. The van der Waals surface area contributed by atoms with Gasteiger partial charge in [0.1, 0.15) is 22.7 Å². The van der Waals surface area contributed by atoms with Crippen LogP contribution in [0.2, 0.25) is 0 Å². The molecule has 404 valence electrons. The van der Waals surface area contributed by atoms with Crippen molar-refractivity contribution in [2.45, 2.75) is 263 Å². The molecule has 7 heteroatoms. The van der Waals surface area contributed by atoms with Crippen molar-refractivity contribution in [1.29, 1.82) is 0 Å². The van der Waals surface area contributed by atoms with Gasteiger partial charge in [-0.2, -0.15) is 0 Å². The van der Waals surface area contributed by atoms with E-state index in [0.29, 0.717) is 47.0 Å². The molecule has 0 heterocycles. The molecule has 0 amide bonds. The number of halogens is 1. The van der Waals surface area contributed by atoms with Gasteiger partial charge in [-0.15, -0.1) is 0 Å². The highest BCUT2D eigenvalue weighted by Gasteiger charge is 2.61. The van der Waals surface area contributed by atoms with Crippen LogP contribution in [0, 0.1) is 49.9 Å². The third-order valence-electron chi connectivity index (χ3n) is 15.5. The maximum atomic E-state index is 12.8. The van der Waals surface area contributed by atoms with Gasteiger partial charge in [0, 0.05) is 0 Å². The predicted octanol–water partition coefficient (Wildman–Crippen LogP) is 20.3. The summed E-state index contributed by atoms with van der Waals surface area (Å²) in [5.41, 5.74) is 1.56. The second-order valence-corrected chi connectivity index (χ2v) is 22.1. The zero-order valence-corrected chi connectivity index (χ0v) is 42.4. The Morgan fingerprint density at radius 3 is 1.34 bits per heavy atom. The van der Waals surface area contributed by atoms with Crippen molar-refractivity contribution in [3.8, 4) is 11.5 Å². The van der Waals surface area contributed by atoms with Crippen LogP contribution in [-0.2, 0) is 19.1 Å². The minimum Gasteiger partial charge on any atom is -0.508 e. The van der Waals surface area contributed by atoms with Crippen LogP contribution < -0.4 is 0 Å². The number of aromatic hydroxyl groups is 2. The van der Waals surface area contributed by atoms with Gasteiger partial charge in [0.05, 0.1) is 14.4 Å². The second kappa shape index (κ2) is 33.4. The first kappa shape index (κ1) is 77.2. The number of hydrogen-bond donors (Lipinski definition) is 2. The Morgan fingerprint density at radius 2 is 0.985 bits per heavy atom. The zero-order chi connectivity index (χ0) is 45.2. The first-order chi connectivity index (χ1) is 28.0. The van der Waals surface area contributed by atoms with E-state index in [4.69, 9.17) is 14.6 Å². The van der Waals surface area contributed by atoms with Crippen molar-refractivity contribution in [2.24, 2.45) is 46.3 Å². The summed E-state index contributed by atoms with van der Waals surface area (Å²) in [6.07, 6.45) is 15.1. The zero-order valence-electron chi connectivity index (χ0n) is 40.3. The van der Waals surface area contributed by atoms with Crippen LogP contribution in [0.1, 0.15) is 263 Å². The molecule has 7 rings (SSSR count). The number of phenolic OH excluding ortho intramolecular Hbond substituents is 2. The molecule has 0 aliphatic heterocycles. The second-order valence-electron chi connectivity index (χ2n) is 20.9. The Balaban J connectivity index is -0.000000187. The summed E-state index contributed by atoms with van der Waals surface area (Å²) in [7, 11) is 0. The molecule has 6 nitrogen and oxygen atoms in total. The van der Waals surface area contributed by atoms with E-state index >= 15 is 0 Å². The lowest BCUT2D eigenvalue weighted by atomic mass is 9.47. The van der Waals surface area contributed by atoms with E-state index in [-0.39, 0.29) is 93.4 Å². The summed E-state index contributed by atoms with van der Waals surface area (Å²) in [5, 5.41) is 18.3. The highest BCUT2D eigenvalue weighted by molar-refractivity contribution is 14.1. The first-order valence-electron chi connectivity index (χ1n) is 23.8. The number of rotatable bonds is 12. The van der Waals surface area contributed by atoms with E-state index in [1.54, 1.807) is 18.2 Å². The Kier molecular flexibility index (Phi) is 37.9. The van der Waals surface area contributed by atoms with Crippen molar-refractivity contribution in [3.05, 3.63) is 57.2 Å². The van der Waals surface area contributed by atoms with Gasteiger partial charge in [-0.1, -0.05) is 147 Å². The highest BCUT2D eigenvalue weighted by Crippen LogP contribution is 2.62. The molecule has 2 atom stereocenters. The van der Waals surface area contributed by atoms with Crippen molar-refractivity contribution >= 4 is 34.5 Å². The number of benzene rings is 2. The van der Waals surface area contributed by atoms with Crippen LogP contribution >= 0.6 is 22.6 Å². The lowest BCUT2D eigenvalue weighted by Gasteiger charge is -2.62. The minimum atomic E-state index is -0.351. The normalized spacial score (nSPS) is 22.0. The molecular formula is C61H117IO6. The molecule has 4 bridgehead atoms. The molecule has 5 saturated carbocycles. The fraction of sp³-hybridized carbons (Fsp3) is 0.770. The molecule has 2 aromatic carbocycles. The summed E-state index contributed by atoms with van der Waals surface area (Å²) >= 11 is 2.15. The molecule has 5 aliphatic carbocycles. The molecule has 2 aromatic rings. The van der Waals surface area contributed by atoms with E-state index in [9.17, 15) is 14.7 Å². The topological polar surface area (TPSA) is 93.1 Å². The molecule has 2 N–H and O–H groups in total. The van der Waals surface area contributed by atoms with E-state index in [1.165, 1.54) is 56.1 Å². The molecule has 5 aliphatic rings. The average molecular weight is 1070 g/mol. The van der Waals surface area contributed by atoms with Gasteiger partial charge in [0.15, 0.2) is 0 Å². The van der Waals surface area contributed by atoms with Gasteiger partial charge in [-0.25, -0.2) is 0 Å². The lowest BCUT2D eigenvalue weighted by molar-refractivity contribution is -0.231. The summed E-state index contributed by atoms with van der Waals surface area (Å²) in [6.45, 7) is 29.7. The van der Waals surface area contributed by atoms with Crippen LogP contribution in [0.25, 0.3) is 0 Å². The third kappa shape index (κ3) is 19.4.